The van der Waals surface area contributed by atoms with Crippen LogP contribution in [-0.4, -0.2) is 55.1 Å². The molecule has 2 aliphatic rings. The van der Waals surface area contributed by atoms with Gasteiger partial charge in [0.25, 0.3) is 0 Å². The Kier molecular flexibility index (Phi) is 11.2. The lowest BCUT2D eigenvalue weighted by Crippen LogP contribution is -2.56. The molecule has 0 aliphatic carbocycles. The number of rotatable bonds is 6. The summed E-state index contributed by atoms with van der Waals surface area (Å²) in [6.45, 7) is 12.5. The van der Waals surface area contributed by atoms with Gasteiger partial charge in [-0.2, -0.15) is 0 Å². The summed E-state index contributed by atoms with van der Waals surface area (Å²) < 4.78 is 5.98. The minimum Gasteiger partial charge on any atom is -0.379 e. The summed E-state index contributed by atoms with van der Waals surface area (Å²) in [6.07, 6.45) is 7.16. The largest absolute Gasteiger partial charge is 0.379 e. The lowest BCUT2D eigenvalue weighted by atomic mass is 9.73. The van der Waals surface area contributed by atoms with Gasteiger partial charge in [0.15, 0.2) is 0 Å². The first kappa shape index (κ1) is 28.6. The smallest absolute Gasteiger partial charge is 0.242 e. The second kappa shape index (κ2) is 14.1. The van der Waals surface area contributed by atoms with E-state index < -0.39 is 11.5 Å². The molecule has 2 amide bonds. The van der Waals surface area contributed by atoms with Crippen molar-refractivity contribution in [1.29, 1.82) is 0 Å². The highest BCUT2D eigenvalue weighted by atomic mass is 16.5. The van der Waals surface area contributed by atoms with Gasteiger partial charge in [-0.25, -0.2) is 0 Å². The number of amides is 2. The van der Waals surface area contributed by atoms with Crippen LogP contribution in [0, 0.1) is 17.3 Å². The number of hydrogen-bond donors (Lipinski definition) is 2. The van der Waals surface area contributed by atoms with E-state index in [-0.39, 0.29) is 17.9 Å². The van der Waals surface area contributed by atoms with Crippen molar-refractivity contribution in [2.24, 2.45) is 17.3 Å². The Balaban J connectivity index is 1.73. The molecule has 0 radical (unpaired) electrons. The lowest BCUT2D eigenvalue weighted by Gasteiger charge is -2.42. The van der Waals surface area contributed by atoms with Crippen LogP contribution in [0.15, 0.2) is 30.3 Å². The molecular weight excluding hydrogens is 450 g/mol. The summed E-state index contributed by atoms with van der Waals surface area (Å²) in [6, 6.07) is 10.0. The summed E-state index contributed by atoms with van der Waals surface area (Å²) in [5, 5.41) is 6.46. The van der Waals surface area contributed by atoms with Crippen molar-refractivity contribution in [1.82, 2.24) is 15.5 Å². The SMILES string of the molecule is CC(C)C[C@H]1COCCCCCC2(CCN(Cc3ccccc3)CC2)C(=O)N[C@@H](CC(C)C)C(=O)N1. The summed E-state index contributed by atoms with van der Waals surface area (Å²) in [7, 11) is 0. The van der Waals surface area contributed by atoms with Crippen LogP contribution in [0.2, 0.25) is 0 Å². The van der Waals surface area contributed by atoms with Gasteiger partial charge in [0, 0.05) is 13.2 Å². The molecule has 2 fully saturated rings. The van der Waals surface area contributed by atoms with E-state index in [4.69, 9.17) is 4.74 Å². The number of benzene rings is 1. The van der Waals surface area contributed by atoms with Crippen molar-refractivity contribution >= 4 is 11.8 Å². The van der Waals surface area contributed by atoms with E-state index in [0.29, 0.717) is 31.5 Å². The highest BCUT2D eigenvalue weighted by molar-refractivity contribution is 5.90. The third-order valence-electron chi connectivity index (χ3n) is 7.74. The quantitative estimate of drug-likeness (QED) is 0.583. The Hall–Kier alpha value is -1.92. The van der Waals surface area contributed by atoms with Crippen molar-refractivity contribution in [3.05, 3.63) is 35.9 Å². The Labute approximate surface area is 218 Å². The lowest BCUT2D eigenvalue weighted by molar-refractivity contribution is -0.139. The predicted octanol–water partition coefficient (Wildman–Crippen LogP) is 4.92. The highest BCUT2D eigenvalue weighted by Gasteiger charge is 2.42. The second-order valence-electron chi connectivity index (χ2n) is 11.9. The fraction of sp³-hybridized carbons (Fsp3) is 0.733. The molecule has 0 unspecified atom stereocenters. The van der Waals surface area contributed by atoms with Crippen molar-refractivity contribution in [2.45, 2.75) is 97.7 Å². The van der Waals surface area contributed by atoms with Gasteiger partial charge in [0.05, 0.1) is 18.1 Å². The van der Waals surface area contributed by atoms with Crippen LogP contribution in [0.4, 0.5) is 0 Å². The molecule has 0 aromatic heterocycles. The minimum atomic E-state index is -0.505. The Bertz CT molecular complexity index is 803. The van der Waals surface area contributed by atoms with Gasteiger partial charge < -0.3 is 15.4 Å². The standard InChI is InChI=1S/C30H49N3O3/c1-23(2)19-26-22-36-18-10-6-9-13-30(29(35)32-27(20-24(3)4)28(34)31-26)14-16-33(17-15-30)21-25-11-7-5-8-12-25/h5,7-8,11-12,23-24,26-27H,6,9-10,13-22H2,1-4H3,(H,31,34)(H,32,35)/t26-,27-/m0/s1. The van der Waals surface area contributed by atoms with Crippen LogP contribution in [0.1, 0.15) is 84.6 Å². The van der Waals surface area contributed by atoms with Gasteiger partial charge in [-0.3, -0.25) is 14.5 Å². The molecule has 36 heavy (non-hydrogen) atoms. The summed E-state index contributed by atoms with van der Waals surface area (Å²) in [4.78, 5) is 29.7. The van der Waals surface area contributed by atoms with Gasteiger partial charge in [0.1, 0.15) is 6.04 Å². The molecule has 1 aromatic rings. The van der Waals surface area contributed by atoms with Crippen LogP contribution >= 0.6 is 0 Å². The number of piperidine rings is 1. The van der Waals surface area contributed by atoms with Crippen molar-refractivity contribution in [3.8, 4) is 0 Å². The molecule has 6 nitrogen and oxygen atoms in total. The fourth-order valence-electron chi connectivity index (χ4n) is 5.69. The fourth-order valence-corrected chi connectivity index (χ4v) is 5.69. The van der Waals surface area contributed by atoms with E-state index in [1.54, 1.807) is 0 Å². The number of carbonyl (C=O) groups is 2. The monoisotopic (exact) mass is 499 g/mol. The Morgan fingerprint density at radius 1 is 0.917 bits per heavy atom. The first-order valence-corrected chi connectivity index (χ1v) is 14.2. The molecule has 2 saturated heterocycles. The number of ether oxygens (including phenoxy) is 1. The third kappa shape index (κ3) is 8.88. The van der Waals surface area contributed by atoms with Crippen molar-refractivity contribution in [2.75, 3.05) is 26.3 Å². The Morgan fingerprint density at radius 3 is 2.28 bits per heavy atom. The van der Waals surface area contributed by atoms with Crippen LogP contribution in [0.5, 0.6) is 0 Å². The van der Waals surface area contributed by atoms with Crippen molar-refractivity contribution < 1.29 is 14.3 Å². The molecule has 6 heteroatoms. The number of hydrogen-bond acceptors (Lipinski definition) is 4. The molecule has 2 atom stereocenters. The molecule has 202 valence electrons. The van der Waals surface area contributed by atoms with Gasteiger partial charge in [-0.15, -0.1) is 0 Å². The Morgan fingerprint density at radius 2 is 1.61 bits per heavy atom. The van der Waals surface area contributed by atoms with Gasteiger partial charge in [0.2, 0.25) is 11.8 Å². The summed E-state index contributed by atoms with van der Waals surface area (Å²) in [5.41, 5.74) is 0.916. The molecular formula is C30H49N3O3. The molecule has 1 aromatic carbocycles. The zero-order valence-electron chi connectivity index (χ0n) is 23.1. The van der Waals surface area contributed by atoms with E-state index in [2.05, 4.69) is 67.5 Å². The van der Waals surface area contributed by atoms with E-state index >= 15 is 0 Å². The normalized spacial score (nSPS) is 24.9. The van der Waals surface area contributed by atoms with E-state index in [0.717, 1.165) is 64.6 Å². The van der Waals surface area contributed by atoms with Crippen LogP contribution in [0.3, 0.4) is 0 Å². The summed E-state index contributed by atoms with van der Waals surface area (Å²) >= 11 is 0. The zero-order chi connectivity index (χ0) is 26.0. The molecule has 2 N–H and O–H groups in total. The molecule has 2 aliphatic heterocycles. The average Bonchev–Trinajstić information content (AvgIpc) is 2.83. The molecule has 1 spiro atoms. The number of likely N-dealkylation sites (tertiary alicyclic amines) is 1. The molecule has 2 heterocycles. The first-order valence-electron chi connectivity index (χ1n) is 14.2. The maximum Gasteiger partial charge on any atom is 0.242 e. The average molecular weight is 500 g/mol. The third-order valence-corrected chi connectivity index (χ3v) is 7.74. The number of carbonyl (C=O) groups excluding carboxylic acids is 2. The van der Waals surface area contributed by atoms with Gasteiger partial charge >= 0.3 is 0 Å². The van der Waals surface area contributed by atoms with Crippen molar-refractivity contribution in [3.63, 3.8) is 0 Å². The number of nitrogens with zero attached hydrogens (tertiary/aromatic N) is 1. The predicted molar refractivity (Wildman–Crippen MR) is 145 cm³/mol. The zero-order valence-corrected chi connectivity index (χ0v) is 23.1. The molecule has 0 saturated carbocycles. The minimum absolute atomic E-state index is 0.0257. The van der Waals surface area contributed by atoms with Crippen LogP contribution < -0.4 is 10.6 Å². The van der Waals surface area contributed by atoms with Gasteiger partial charge in [-0.1, -0.05) is 70.9 Å². The maximum absolute atomic E-state index is 13.9. The first-order chi connectivity index (χ1) is 17.3. The molecule has 0 bridgehead atoms. The highest BCUT2D eigenvalue weighted by Crippen LogP contribution is 2.38. The number of nitrogens with one attached hydrogen (secondary N) is 2. The summed E-state index contributed by atoms with van der Waals surface area (Å²) in [5.74, 6) is 0.778. The second-order valence-corrected chi connectivity index (χ2v) is 11.9. The maximum atomic E-state index is 13.9. The van der Waals surface area contributed by atoms with Crippen LogP contribution in [-0.2, 0) is 20.9 Å². The van der Waals surface area contributed by atoms with E-state index in [1.165, 1.54) is 5.56 Å². The molecule has 3 rings (SSSR count). The van der Waals surface area contributed by atoms with Crippen LogP contribution in [0.25, 0.3) is 0 Å². The van der Waals surface area contributed by atoms with Gasteiger partial charge in [-0.05, 0) is 69.0 Å². The van der Waals surface area contributed by atoms with E-state index in [9.17, 15) is 9.59 Å². The topological polar surface area (TPSA) is 70.7 Å². The van der Waals surface area contributed by atoms with E-state index in [1.807, 2.05) is 6.07 Å².